The minimum absolute atomic E-state index is 0.0902. The Bertz CT molecular complexity index is 875. The lowest BCUT2D eigenvalue weighted by Gasteiger charge is -2.40. The Morgan fingerprint density at radius 2 is 1.88 bits per heavy atom. The number of benzene rings is 1. The highest BCUT2D eigenvalue weighted by atomic mass is 16.4. The number of carbonyl (C=O) groups excluding carboxylic acids is 3. The first-order chi connectivity index (χ1) is 15.7. The van der Waals surface area contributed by atoms with Gasteiger partial charge >= 0.3 is 5.97 Å². The number of nitrogens with zero attached hydrogens (tertiary/aromatic N) is 2. The number of hydrogen-bond donors (Lipinski definition) is 3. The Labute approximate surface area is 194 Å². The summed E-state index contributed by atoms with van der Waals surface area (Å²) in [7, 11) is 0. The van der Waals surface area contributed by atoms with Gasteiger partial charge in [-0.15, -0.1) is 0 Å². The van der Waals surface area contributed by atoms with Gasteiger partial charge in [0.15, 0.2) is 0 Å². The second-order valence-corrected chi connectivity index (χ2v) is 9.41. The molecular formula is C24H34N4O5. The van der Waals surface area contributed by atoms with E-state index in [1.54, 1.807) is 4.90 Å². The molecule has 4 atom stereocenters. The lowest BCUT2D eigenvalue weighted by atomic mass is 9.95. The molecule has 0 bridgehead atoms. The second kappa shape index (κ2) is 10.8. The summed E-state index contributed by atoms with van der Waals surface area (Å²) in [4.78, 5) is 53.6. The fourth-order valence-corrected chi connectivity index (χ4v) is 4.99. The first-order valence-corrected chi connectivity index (χ1v) is 11.6. The van der Waals surface area contributed by atoms with Crippen molar-refractivity contribution in [1.29, 1.82) is 0 Å². The summed E-state index contributed by atoms with van der Waals surface area (Å²) in [5, 5.41) is 13.1. The number of carbonyl (C=O) groups is 4. The highest BCUT2D eigenvalue weighted by Gasteiger charge is 2.46. The third kappa shape index (κ3) is 5.90. The highest BCUT2D eigenvalue weighted by molar-refractivity contribution is 5.93. The van der Waals surface area contributed by atoms with E-state index in [1.165, 1.54) is 4.90 Å². The minimum atomic E-state index is -1.16. The van der Waals surface area contributed by atoms with Crippen LogP contribution >= 0.6 is 0 Å². The molecule has 0 aromatic heterocycles. The number of hydrogen-bond acceptors (Lipinski definition) is 5. The van der Waals surface area contributed by atoms with Crippen molar-refractivity contribution in [3.63, 3.8) is 0 Å². The SMILES string of the molecule is CC(C)C[C@@H]1NCCN([C@@H](Cc2ccccc2)C(=O)N2CC[C@H](CC(N)=O)[C@H]2C(=O)O)C1=O. The van der Waals surface area contributed by atoms with E-state index in [2.05, 4.69) is 5.32 Å². The number of amides is 3. The van der Waals surface area contributed by atoms with Gasteiger partial charge in [0.1, 0.15) is 12.1 Å². The van der Waals surface area contributed by atoms with Crippen LogP contribution in [0.15, 0.2) is 30.3 Å². The molecule has 180 valence electrons. The van der Waals surface area contributed by atoms with Gasteiger partial charge in [-0.25, -0.2) is 4.79 Å². The van der Waals surface area contributed by atoms with Crippen molar-refractivity contribution < 1.29 is 24.3 Å². The molecule has 2 heterocycles. The van der Waals surface area contributed by atoms with Gasteiger partial charge in [0.25, 0.3) is 0 Å². The molecule has 4 N–H and O–H groups in total. The molecule has 2 aliphatic rings. The fourth-order valence-electron chi connectivity index (χ4n) is 4.99. The number of likely N-dealkylation sites (tertiary alicyclic amines) is 1. The summed E-state index contributed by atoms with van der Waals surface area (Å²) in [6.45, 7) is 5.23. The highest BCUT2D eigenvalue weighted by Crippen LogP contribution is 2.30. The van der Waals surface area contributed by atoms with Gasteiger partial charge in [-0.05, 0) is 24.3 Å². The van der Waals surface area contributed by atoms with Crippen LogP contribution < -0.4 is 11.1 Å². The van der Waals surface area contributed by atoms with Crippen LogP contribution in [0.5, 0.6) is 0 Å². The maximum absolute atomic E-state index is 13.8. The average molecular weight is 459 g/mol. The van der Waals surface area contributed by atoms with E-state index in [9.17, 15) is 24.3 Å². The predicted octanol–water partition coefficient (Wildman–Crippen LogP) is 0.621. The molecule has 3 amide bonds. The number of carboxylic acids is 1. The Hall–Kier alpha value is -2.94. The van der Waals surface area contributed by atoms with Crippen LogP contribution in [0.1, 0.15) is 38.7 Å². The van der Waals surface area contributed by atoms with Crippen molar-refractivity contribution >= 4 is 23.7 Å². The van der Waals surface area contributed by atoms with Crippen molar-refractivity contribution in [2.75, 3.05) is 19.6 Å². The lowest BCUT2D eigenvalue weighted by molar-refractivity contribution is -0.155. The zero-order chi connectivity index (χ0) is 24.1. The molecule has 0 spiro atoms. The molecule has 9 nitrogen and oxygen atoms in total. The molecule has 0 unspecified atom stereocenters. The first-order valence-electron chi connectivity index (χ1n) is 11.6. The summed E-state index contributed by atoms with van der Waals surface area (Å²) < 4.78 is 0. The molecule has 2 saturated heterocycles. The number of aliphatic carboxylic acids is 1. The largest absolute Gasteiger partial charge is 0.480 e. The number of piperazine rings is 1. The van der Waals surface area contributed by atoms with Crippen molar-refractivity contribution in [2.24, 2.45) is 17.6 Å². The first kappa shape index (κ1) is 24.7. The van der Waals surface area contributed by atoms with E-state index < -0.39 is 35.8 Å². The fraction of sp³-hybridized carbons (Fsp3) is 0.583. The quantitative estimate of drug-likeness (QED) is 0.497. The third-order valence-electron chi connectivity index (χ3n) is 6.49. The van der Waals surface area contributed by atoms with Gasteiger partial charge in [-0.2, -0.15) is 0 Å². The van der Waals surface area contributed by atoms with Gasteiger partial charge in [0.2, 0.25) is 17.7 Å². The van der Waals surface area contributed by atoms with Crippen LogP contribution in [0.2, 0.25) is 0 Å². The maximum atomic E-state index is 13.8. The molecule has 0 aliphatic carbocycles. The Morgan fingerprint density at radius 3 is 2.48 bits per heavy atom. The molecule has 2 aliphatic heterocycles. The molecule has 33 heavy (non-hydrogen) atoms. The minimum Gasteiger partial charge on any atom is -0.480 e. The van der Waals surface area contributed by atoms with Crippen LogP contribution in [0, 0.1) is 11.8 Å². The topological polar surface area (TPSA) is 133 Å². The van der Waals surface area contributed by atoms with Gasteiger partial charge in [0, 0.05) is 38.4 Å². The van der Waals surface area contributed by atoms with Crippen LogP contribution in [-0.2, 0) is 25.6 Å². The Kier molecular flexibility index (Phi) is 8.07. The van der Waals surface area contributed by atoms with E-state index in [0.29, 0.717) is 38.3 Å². The smallest absolute Gasteiger partial charge is 0.326 e. The molecule has 3 rings (SSSR count). The Morgan fingerprint density at radius 1 is 1.18 bits per heavy atom. The third-order valence-corrected chi connectivity index (χ3v) is 6.49. The summed E-state index contributed by atoms with van der Waals surface area (Å²) in [5.74, 6) is -2.50. The van der Waals surface area contributed by atoms with Crippen LogP contribution in [0.4, 0.5) is 0 Å². The standard InChI is InChI=1S/C24H34N4O5/c1-15(2)12-18-22(30)27(11-9-26-18)19(13-16-6-4-3-5-7-16)23(31)28-10-8-17(14-20(25)29)21(28)24(32)33/h3-7,15,17-19,21,26H,8-14H2,1-2H3,(H2,25,29)(H,32,33)/t17-,18+,19+,21+/m1/s1. The van der Waals surface area contributed by atoms with Crippen LogP contribution in [0.3, 0.4) is 0 Å². The number of carboxylic acid groups (broad SMARTS) is 1. The molecule has 9 heteroatoms. The van der Waals surface area contributed by atoms with E-state index >= 15 is 0 Å². The van der Waals surface area contributed by atoms with Crippen molar-refractivity contribution in [3.05, 3.63) is 35.9 Å². The molecule has 1 aromatic rings. The van der Waals surface area contributed by atoms with Gasteiger partial charge in [-0.3, -0.25) is 14.4 Å². The van der Waals surface area contributed by atoms with Gasteiger partial charge < -0.3 is 26.0 Å². The number of rotatable bonds is 9. The molecular weight excluding hydrogens is 424 g/mol. The Balaban J connectivity index is 1.90. The summed E-state index contributed by atoms with van der Waals surface area (Å²) >= 11 is 0. The number of nitrogens with one attached hydrogen (secondary N) is 1. The monoisotopic (exact) mass is 458 g/mol. The zero-order valence-corrected chi connectivity index (χ0v) is 19.3. The average Bonchev–Trinajstić information content (AvgIpc) is 3.17. The molecule has 0 saturated carbocycles. The van der Waals surface area contributed by atoms with E-state index in [-0.39, 0.29) is 24.9 Å². The summed E-state index contributed by atoms with van der Waals surface area (Å²) in [5.41, 5.74) is 6.20. The zero-order valence-electron chi connectivity index (χ0n) is 19.3. The van der Waals surface area contributed by atoms with Gasteiger partial charge in [0.05, 0.1) is 6.04 Å². The normalized spacial score (nSPS) is 24.2. The molecule has 2 fully saturated rings. The second-order valence-electron chi connectivity index (χ2n) is 9.41. The number of primary amides is 1. The van der Waals surface area contributed by atoms with Gasteiger partial charge in [-0.1, -0.05) is 44.2 Å². The van der Waals surface area contributed by atoms with Crippen molar-refractivity contribution in [1.82, 2.24) is 15.1 Å². The molecule has 1 aromatic carbocycles. The summed E-state index contributed by atoms with van der Waals surface area (Å²) in [6, 6.07) is 7.10. The van der Waals surface area contributed by atoms with E-state index in [1.807, 2.05) is 44.2 Å². The van der Waals surface area contributed by atoms with E-state index in [0.717, 1.165) is 5.56 Å². The van der Waals surface area contributed by atoms with Crippen LogP contribution in [0.25, 0.3) is 0 Å². The lowest BCUT2D eigenvalue weighted by Crippen LogP contribution is -2.63. The van der Waals surface area contributed by atoms with Crippen molar-refractivity contribution in [2.45, 2.75) is 57.7 Å². The van der Waals surface area contributed by atoms with E-state index in [4.69, 9.17) is 5.73 Å². The van der Waals surface area contributed by atoms with Crippen LogP contribution in [-0.4, -0.2) is 76.4 Å². The summed E-state index contributed by atoms with van der Waals surface area (Å²) in [6.07, 6.45) is 1.25. The maximum Gasteiger partial charge on any atom is 0.326 e. The molecule has 0 radical (unpaired) electrons. The van der Waals surface area contributed by atoms with Crippen molar-refractivity contribution in [3.8, 4) is 0 Å². The predicted molar refractivity (Wildman–Crippen MR) is 122 cm³/mol. The number of nitrogens with two attached hydrogens (primary N) is 1.